The summed E-state index contributed by atoms with van der Waals surface area (Å²) in [5.41, 5.74) is 4.84. The van der Waals surface area contributed by atoms with Crippen molar-refractivity contribution in [3.8, 4) is 0 Å². The fourth-order valence-corrected chi connectivity index (χ4v) is 0. The van der Waals surface area contributed by atoms with E-state index in [1.165, 1.54) is 6.92 Å². The van der Waals surface area contributed by atoms with Gasteiger partial charge in [-0.1, -0.05) is 0 Å². The summed E-state index contributed by atoms with van der Waals surface area (Å²) < 4.78 is 8.70. The van der Waals surface area contributed by atoms with Crippen LogP contribution in [0.15, 0.2) is 0 Å². The van der Waals surface area contributed by atoms with Crippen molar-refractivity contribution in [2.75, 3.05) is 0 Å². The zero-order valence-corrected chi connectivity index (χ0v) is 6.15. The summed E-state index contributed by atoms with van der Waals surface area (Å²) >= 11 is 0. The molecular weight excluding hydrogens is 161 g/mol. The van der Waals surface area contributed by atoms with E-state index in [0.29, 0.717) is 0 Å². The molecule has 0 unspecified atom stereocenters. The number of carboxylic acid groups (broad SMARTS) is 1. The quantitative estimate of drug-likeness (QED) is 0.376. The van der Waals surface area contributed by atoms with Crippen LogP contribution in [0.25, 0.3) is 0 Å². The molecule has 0 saturated heterocycles. The highest BCUT2D eigenvalue weighted by molar-refractivity contribution is 7.30. The second-order valence-electron chi connectivity index (χ2n) is 1.38. The van der Waals surface area contributed by atoms with Gasteiger partial charge < -0.3 is 10.8 Å². The van der Waals surface area contributed by atoms with Crippen molar-refractivity contribution in [3.63, 3.8) is 0 Å². The van der Waals surface area contributed by atoms with Gasteiger partial charge in [-0.3, -0.25) is 4.79 Å². The highest BCUT2D eigenvalue weighted by Gasteiger charge is 1.99. The lowest BCUT2D eigenvalue weighted by Gasteiger charge is -1.90. The third-order valence-corrected chi connectivity index (χ3v) is 0.390. The molecule has 0 aliphatic rings. The highest BCUT2D eigenvalue weighted by atomic mass is 31.1. The van der Waals surface area contributed by atoms with Gasteiger partial charge in [0.2, 0.25) is 0 Å². The van der Waals surface area contributed by atoms with Crippen LogP contribution in [0.2, 0.25) is 0 Å². The summed E-state index contributed by atoms with van der Waals surface area (Å²) in [6, 6.07) is -0.731. The summed E-state index contributed by atoms with van der Waals surface area (Å²) in [7, 11) is -2.87. The van der Waals surface area contributed by atoms with Crippen molar-refractivity contribution in [1.82, 2.24) is 0 Å². The number of aliphatic carboxylic acids is 1. The molecule has 0 radical (unpaired) electrons. The summed E-state index contributed by atoms with van der Waals surface area (Å²) in [6.07, 6.45) is 0. The number of hydrogen-bond donors (Lipinski definition) is 4. The molecule has 1 atom stereocenters. The van der Waals surface area contributed by atoms with Crippen molar-refractivity contribution in [3.05, 3.63) is 0 Å². The first-order valence-electron chi connectivity index (χ1n) is 2.21. The monoisotopic (exact) mass is 170 g/mol. The molecule has 0 aliphatic carbocycles. The van der Waals surface area contributed by atoms with Crippen molar-refractivity contribution < 1.29 is 24.3 Å². The molecule has 0 spiro atoms. The van der Waals surface area contributed by atoms with E-state index >= 15 is 0 Å². The van der Waals surface area contributed by atoms with Crippen molar-refractivity contribution >= 4 is 14.2 Å². The van der Waals surface area contributed by atoms with Crippen LogP contribution in [0.1, 0.15) is 6.92 Å². The summed E-state index contributed by atoms with van der Waals surface area (Å²) in [6.45, 7) is 1.42. The molecule has 6 nitrogen and oxygen atoms in total. The Labute approximate surface area is 58.2 Å². The van der Waals surface area contributed by atoms with Crippen LogP contribution in [0, 0.1) is 0 Å². The average molecular weight is 170 g/mol. The summed E-state index contributed by atoms with van der Waals surface area (Å²) in [5, 5.41) is 7.87. The largest absolute Gasteiger partial charge is 0.692 e. The maximum absolute atomic E-state index is 9.57. The van der Waals surface area contributed by atoms with E-state index in [4.69, 9.17) is 25.2 Å². The molecule has 60 valence electrons. The zero-order valence-electron chi connectivity index (χ0n) is 5.26. The smallest absolute Gasteiger partial charge is 0.480 e. The first kappa shape index (κ1) is 12.2. The standard InChI is InChI=1S/C3H7NO2.HO3P/c1-2(4)3(5)6;1-4(2)3/h2H,4H2,1H3,(H,5,6);(H-,1,2,3)/p+1/t2-;/m0./s1. The molecule has 5 N–H and O–H groups in total. The van der Waals surface area contributed by atoms with Gasteiger partial charge in [0.1, 0.15) is 6.04 Å². The van der Waals surface area contributed by atoms with Crippen molar-refractivity contribution in [2.24, 2.45) is 5.73 Å². The van der Waals surface area contributed by atoms with Crippen molar-refractivity contribution in [1.29, 1.82) is 0 Å². The van der Waals surface area contributed by atoms with Crippen LogP contribution in [-0.4, -0.2) is 26.9 Å². The van der Waals surface area contributed by atoms with Gasteiger partial charge in [-0.05, 0) is 6.92 Å². The number of carbonyl (C=O) groups is 1. The number of rotatable bonds is 1. The third kappa shape index (κ3) is 26.0. The Bertz CT molecular complexity index is 120. The first-order valence-corrected chi connectivity index (χ1v) is 3.37. The Morgan fingerprint density at radius 1 is 1.60 bits per heavy atom. The molecule has 10 heavy (non-hydrogen) atoms. The SMILES string of the molecule is C[C@H](N)C(=O)O.O=[P+](O)O. The molecule has 7 heteroatoms. The summed E-state index contributed by atoms with van der Waals surface area (Å²) in [4.78, 5) is 23.8. The second kappa shape index (κ2) is 6.57. The zero-order chi connectivity index (χ0) is 8.73. The number of hydrogen-bond acceptors (Lipinski definition) is 3. The predicted octanol–water partition coefficient (Wildman–Crippen LogP) is -0.953. The van der Waals surface area contributed by atoms with E-state index in [2.05, 4.69) is 0 Å². The lowest BCUT2D eigenvalue weighted by Crippen LogP contribution is -2.25. The molecule has 0 aromatic rings. The highest BCUT2D eigenvalue weighted by Crippen LogP contribution is 1.98. The Balaban J connectivity index is 0. The molecule has 0 amide bonds. The van der Waals surface area contributed by atoms with E-state index in [1.807, 2.05) is 0 Å². The Morgan fingerprint density at radius 3 is 1.70 bits per heavy atom. The predicted molar refractivity (Wildman–Crippen MR) is 33.3 cm³/mol. The lowest BCUT2D eigenvalue weighted by atomic mass is 10.4. The fourth-order valence-electron chi connectivity index (χ4n) is 0. The molecule has 0 heterocycles. The molecule has 0 aliphatic heterocycles. The average Bonchev–Trinajstić information content (AvgIpc) is 1.63. The van der Waals surface area contributed by atoms with Crippen LogP contribution in [0.4, 0.5) is 0 Å². The minimum atomic E-state index is -2.87. The van der Waals surface area contributed by atoms with E-state index in [0.717, 1.165) is 0 Å². The van der Waals surface area contributed by atoms with E-state index in [1.54, 1.807) is 0 Å². The molecule has 0 saturated carbocycles. The van der Waals surface area contributed by atoms with Gasteiger partial charge in [0.25, 0.3) is 0 Å². The molecule has 0 bridgehead atoms. The normalized spacial score (nSPS) is 10.8. The molecule has 0 aromatic carbocycles. The van der Waals surface area contributed by atoms with Crippen LogP contribution in [-0.2, 0) is 9.36 Å². The second-order valence-corrected chi connectivity index (χ2v) is 1.89. The minimum Gasteiger partial charge on any atom is -0.480 e. The molecule has 0 fully saturated rings. The molecule has 0 rings (SSSR count). The van der Waals surface area contributed by atoms with Gasteiger partial charge in [0, 0.05) is 4.57 Å². The van der Waals surface area contributed by atoms with E-state index in [-0.39, 0.29) is 0 Å². The Morgan fingerprint density at radius 2 is 1.70 bits per heavy atom. The van der Waals surface area contributed by atoms with Crippen molar-refractivity contribution in [2.45, 2.75) is 13.0 Å². The van der Waals surface area contributed by atoms with Gasteiger partial charge in [-0.2, -0.15) is 0 Å². The van der Waals surface area contributed by atoms with Gasteiger partial charge in [-0.15, -0.1) is 9.79 Å². The van der Waals surface area contributed by atoms with Crippen LogP contribution < -0.4 is 5.73 Å². The molecule has 0 aromatic heterocycles. The minimum absolute atomic E-state index is 0.731. The summed E-state index contributed by atoms with van der Waals surface area (Å²) in [5.74, 6) is -0.963. The van der Waals surface area contributed by atoms with E-state index in [9.17, 15) is 4.79 Å². The van der Waals surface area contributed by atoms with Crippen LogP contribution in [0.3, 0.4) is 0 Å². The lowest BCUT2D eigenvalue weighted by molar-refractivity contribution is -0.138. The number of carboxylic acids is 1. The maximum atomic E-state index is 9.57. The van der Waals surface area contributed by atoms with Gasteiger partial charge in [-0.25, -0.2) is 0 Å². The fraction of sp³-hybridized carbons (Fsp3) is 0.667. The van der Waals surface area contributed by atoms with Gasteiger partial charge in [0.15, 0.2) is 0 Å². The topological polar surface area (TPSA) is 121 Å². The van der Waals surface area contributed by atoms with Crippen LogP contribution in [0.5, 0.6) is 0 Å². The van der Waals surface area contributed by atoms with E-state index < -0.39 is 20.3 Å². The Kier molecular flexibility index (Phi) is 7.99. The Hall–Kier alpha value is -0.550. The van der Waals surface area contributed by atoms with Gasteiger partial charge >= 0.3 is 14.2 Å². The third-order valence-electron chi connectivity index (χ3n) is 0.390. The maximum Gasteiger partial charge on any atom is 0.692 e. The number of nitrogens with two attached hydrogens (primary N) is 1. The molecular formula is C3H9NO5P+. The van der Waals surface area contributed by atoms with Crippen LogP contribution >= 0.6 is 8.25 Å². The first-order chi connectivity index (χ1) is 4.37. The van der Waals surface area contributed by atoms with Gasteiger partial charge in [0.05, 0.1) is 0 Å².